The molecule has 0 saturated heterocycles. The van der Waals surface area contributed by atoms with Gasteiger partial charge in [-0.25, -0.2) is 0 Å². The summed E-state index contributed by atoms with van der Waals surface area (Å²) < 4.78 is 11.9. The second kappa shape index (κ2) is 6.59. The smallest absolute Gasteiger partial charge is 0.175 e. The lowest BCUT2D eigenvalue weighted by molar-refractivity contribution is 0.279. The third kappa shape index (κ3) is 3.49. The summed E-state index contributed by atoms with van der Waals surface area (Å²) in [6.45, 7) is 0.504. The van der Waals surface area contributed by atoms with E-state index < -0.39 is 0 Å². The van der Waals surface area contributed by atoms with Gasteiger partial charge in [0.2, 0.25) is 0 Å². The molecule has 0 saturated carbocycles. The Balaban J connectivity index is 2.09. The van der Waals surface area contributed by atoms with Crippen LogP contribution in [0.5, 0.6) is 11.5 Å². The summed E-state index contributed by atoms with van der Waals surface area (Å²) in [7, 11) is 1.62. The van der Waals surface area contributed by atoms with Crippen LogP contribution < -0.4 is 9.47 Å². The molecule has 0 aliphatic carbocycles. The molecule has 0 heterocycles. The van der Waals surface area contributed by atoms with Crippen LogP contribution in [0.2, 0.25) is 0 Å². The molecule has 2 aromatic rings. The number of halogens is 1. The molecule has 0 aliphatic rings. The Morgan fingerprint density at radius 1 is 1.05 bits per heavy atom. The number of aliphatic hydroxyl groups is 1. The van der Waals surface area contributed by atoms with Crippen LogP contribution in [-0.2, 0) is 13.2 Å². The first-order valence-corrected chi connectivity index (χ1v) is 6.68. The minimum atomic E-state index is 0.0548. The van der Waals surface area contributed by atoms with Crippen LogP contribution in [0.4, 0.5) is 0 Å². The van der Waals surface area contributed by atoms with Crippen LogP contribution in [0, 0.1) is 0 Å². The highest BCUT2D eigenvalue weighted by molar-refractivity contribution is 9.10. The summed E-state index contributed by atoms with van der Waals surface area (Å²) in [5, 5.41) is 8.99. The number of hydrogen-bond donors (Lipinski definition) is 1. The molecule has 2 rings (SSSR count). The number of para-hydroxylation sites is 1. The van der Waals surface area contributed by atoms with Gasteiger partial charge in [0.25, 0.3) is 0 Å². The Hall–Kier alpha value is -1.52. The molecule has 3 nitrogen and oxygen atoms in total. The number of aliphatic hydroxyl groups excluding tert-OH is 1. The van der Waals surface area contributed by atoms with Crippen molar-refractivity contribution in [2.24, 2.45) is 0 Å². The van der Waals surface area contributed by atoms with Crippen LogP contribution in [-0.4, -0.2) is 12.2 Å². The molecule has 0 radical (unpaired) electrons. The van der Waals surface area contributed by atoms with Gasteiger partial charge in [0.15, 0.2) is 11.5 Å². The third-order valence-corrected chi connectivity index (χ3v) is 3.36. The van der Waals surface area contributed by atoms with Gasteiger partial charge in [0, 0.05) is 0 Å². The maximum Gasteiger partial charge on any atom is 0.175 e. The highest BCUT2D eigenvalue weighted by atomic mass is 79.9. The van der Waals surface area contributed by atoms with Gasteiger partial charge in [0.1, 0.15) is 6.61 Å². The lowest BCUT2D eigenvalue weighted by Crippen LogP contribution is -1.98. The average molecular weight is 323 g/mol. The standard InChI is InChI=1S/C15H15BrO3/c1-18-14-4-2-3-13(16)15(14)19-10-12-7-5-11(9-17)6-8-12/h2-8,17H,9-10H2,1H3. The lowest BCUT2D eigenvalue weighted by Gasteiger charge is -2.12. The molecule has 4 heteroatoms. The molecular weight excluding hydrogens is 308 g/mol. The fourth-order valence-electron chi connectivity index (χ4n) is 1.69. The molecule has 2 aromatic carbocycles. The minimum Gasteiger partial charge on any atom is -0.493 e. The van der Waals surface area contributed by atoms with Crippen molar-refractivity contribution < 1.29 is 14.6 Å². The fraction of sp³-hybridized carbons (Fsp3) is 0.200. The van der Waals surface area contributed by atoms with E-state index in [4.69, 9.17) is 14.6 Å². The predicted molar refractivity (Wildman–Crippen MR) is 77.4 cm³/mol. The summed E-state index contributed by atoms with van der Waals surface area (Å²) in [6, 6.07) is 13.3. The molecule has 0 amide bonds. The first-order valence-electron chi connectivity index (χ1n) is 5.88. The van der Waals surface area contributed by atoms with Crippen molar-refractivity contribution in [1.82, 2.24) is 0 Å². The van der Waals surface area contributed by atoms with Crippen LogP contribution in [0.3, 0.4) is 0 Å². The van der Waals surface area contributed by atoms with Crippen LogP contribution >= 0.6 is 15.9 Å². The van der Waals surface area contributed by atoms with Crippen LogP contribution in [0.1, 0.15) is 11.1 Å². The van der Waals surface area contributed by atoms with Gasteiger partial charge in [-0.2, -0.15) is 0 Å². The van der Waals surface area contributed by atoms with Gasteiger partial charge in [-0.15, -0.1) is 0 Å². The van der Waals surface area contributed by atoms with E-state index in [1.54, 1.807) is 7.11 Å². The van der Waals surface area contributed by atoms with E-state index in [-0.39, 0.29) is 6.61 Å². The monoisotopic (exact) mass is 322 g/mol. The molecular formula is C15H15BrO3. The van der Waals surface area contributed by atoms with E-state index >= 15 is 0 Å². The summed E-state index contributed by atoms with van der Waals surface area (Å²) in [5.74, 6) is 1.39. The molecule has 100 valence electrons. The Bertz CT molecular complexity index is 538. The van der Waals surface area contributed by atoms with Crippen molar-refractivity contribution >= 4 is 15.9 Å². The van der Waals surface area contributed by atoms with E-state index in [0.29, 0.717) is 18.1 Å². The fourth-order valence-corrected chi connectivity index (χ4v) is 2.15. The normalized spacial score (nSPS) is 10.3. The number of rotatable bonds is 5. The first kappa shape index (κ1) is 13.9. The predicted octanol–water partition coefficient (Wildman–Crippen LogP) is 3.53. The van der Waals surface area contributed by atoms with Crippen molar-refractivity contribution in [3.05, 3.63) is 58.1 Å². The maximum atomic E-state index is 8.99. The Morgan fingerprint density at radius 2 is 1.74 bits per heavy atom. The summed E-state index contributed by atoms with van der Waals surface area (Å²) in [4.78, 5) is 0. The number of ether oxygens (including phenoxy) is 2. The summed E-state index contributed by atoms with van der Waals surface area (Å²) in [6.07, 6.45) is 0. The SMILES string of the molecule is COc1cccc(Br)c1OCc1ccc(CO)cc1. The molecule has 0 aromatic heterocycles. The summed E-state index contributed by atoms with van der Waals surface area (Å²) >= 11 is 3.45. The van der Waals surface area contributed by atoms with Crippen LogP contribution in [0.25, 0.3) is 0 Å². The second-order valence-corrected chi connectivity index (χ2v) is 4.89. The molecule has 0 bridgehead atoms. The van der Waals surface area contributed by atoms with Crippen molar-refractivity contribution in [1.29, 1.82) is 0 Å². The zero-order valence-corrected chi connectivity index (χ0v) is 12.2. The van der Waals surface area contributed by atoms with E-state index in [1.807, 2.05) is 42.5 Å². The Morgan fingerprint density at radius 3 is 2.37 bits per heavy atom. The van der Waals surface area contributed by atoms with E-state index in [9.17, 15) is 0 Å². The molecule has 0 fully saturated rings. The van der Waals surface area contributed by atoms with E-state index in [2.05, 4.69) is 15.9 Å². The number of hydrogen-bond acceptors (Lipinski definition) is 3. The van der Waals surface area contributed by atoms with Crippen molar-refractivity contribution in [3.8, 4) is 11.5 Å². The third-order valence-electron chi connectivity index (χ3n) is 2.74. The Labute approximate surface area is 120 Å². The van der Waals surface area contributed by atoms with Crippen molar-refractivity contribution in [2.75, 3.05) is 7.11 Å². The highest BCUT2D eigenvalue weighted by Crippen LogP contribution is 2.35. The molecule has 1 N–H and O–H groups in total. The largest absolute Gasteiger partial charge is 0.493 e. The minimum absolute atomic E-state index is 0.0548. The van der Waals surface area contributed by atoms with E-state index in [1.165, 1.54) is 0 Å². The molecule has 19 heavy (non-hydrogen) atoms. The van der Waals surface area contributed by atoms with Crippen molar-refractivity contribution in [3.63, 3.8) is 0 Å². The number of benzene rings is 2. The summed E-state index contributed by atoms with van der Waals surface area (Å²) in [5.41, 5.74) is 1.93. The molecule has 0 spiro atoms. The molecule has 0 atom stereocenters. The second-order valence-electron chi connectivity index (χ2n) is 4.03. The van der Waals surface area contributed by atoms with Gasteiger partial charge in [0.05, 0.1) is 18.2 Å². The average Bonchev–Trinajstić information content (AvgIpc) is 2.46. The van der Waals surface area contributed by atoms with Gasteiger partial charge >= 0.3 is 0 Å². The van der Waals surface area contributed by atoms with E-state index in [0.717, 1.165) is 15.6 Å². The lowest BCUT2D eigenvalue weighted by atomic mass is 10.1. The Kier molecular flexibility index (Phi) is 4.82. The quantitative estimate of drug-likeness (QED) is 0.915. The first-order chi connectivity index (χ1) is 9.24. The van der Waals surface area contributed by atoms with Gasteiger partial charge < -0.3 is 14.6 Å². The van der Waals surface area contributed by atoms with Gasteiger partial charge in [-0.05, 0) is 39.2 Å². The van der Waals surface area contributed by atoms with Gasteiger partial charge in [-0.3, -0.25) is 0 Å². The highest BCUT2D eigenvalue weighted by Gasteiger charge is 2.08. The molecule has 0 aliphatic heterocycles. The molecule has 0 unspecified atom stereocenters. The zero-order chi connectivity index (χ0) is 13.7. The van der Waals surface area contributed by atoms with Gasteiger partial charge in [-0.1, -0.05) is 30.3 Å². The topological polar surface area (TPSA) is 38.7 Å². The van der Waals surface area contributed by atoms with Crippen molar-refractivity contribution in [2.45, 2.75) is 13.2 Å². The zero-order valence-electron chi connectivity index (χ0n) is 10.6. The number of methoxy groups -OCH3 is 1. The van der Waals surface area contributed by atoms with Crippen LogP contribution in [0.15, 0.2) is 46.9 Å². The maximum absolute atomic E-state index is 8.99.